The summed E-state index contributed by atoms with van der Waals surface area (Å²) < 4.78 is 2.63. The molecule has 3 aromatic rings. The zero-order valence-electron chi connectivity index (χ0n) is 14.4. The van der Waals surface area contributed by atoms with Gasteiger partial charge in [-0.1, -0.05) is 24.3 Å². The van der Waals surface area contributed by atoms with E-state index < -0.39 is 0 Å². The van der Waals surface area contributed by atoms with Crippen molar-refractivity contribution in [3.63, 3.8) is 0 Å². The number of nitrogens with zero attached hydrogens (tertiary/aromatic N) is 3. The first-order valence-corrected chi connectivity index (χ1v) is 8.93. The van der Waals surface area contributed by atoms with Crippen LogP contribution in [0, 0.1) is 6.92 Å². The molecule has 0 spiro atoms. The lowest BCUT2D eigenvalue weighted by atomic mass is 9.89. The maximum Gasteiger partial charge on any atom is 0.0518 e. The Hall–Kier alpha value is -2.13. The van der Waals surface area contributed by atoms with Crippen molar-refractivity contribution in [3.8, 4) is 0 Å². The molecule has 3 heteroatoms. The number of rotatable bonds is 1. The summed E-state index contributed by atoms with van der Waals surface area (Å²) >= 11 is 0. The van der Waals surface area contributed by atoms with E-state index in [4.69, 9.17) is 0 Å². The molecule has 1 atom stereocenters. The number of hydrogen-bond acceptors (Lipinski definition) is 2. The van der Waals surface area contributed by atoms with E-state index in [2.05, 4.69) is 65.0 Å². The maximum atomic E-state index is 4.53. The van der Waals surface area contributed by atoms with E-state index in [9.17, 15) is 0 Å². The van der Waals surface area contributed by atoms with Crippen molar-refractivity contribution in [1.82, 2.24) is 14.5 Å². The summed E-state index contributed by atoms with van der Waals surface area (Å²) in [6, 6.07) is 11.3. The Labute approximate surface area is 142 Å². The molecule has 122 valence electrons. The third-order valence-corrected chi connectivity index (χ3v) is 5.82. The highest BCUT2D eigenvalue weighted by Crippen LogP contribution is 2.39. The molecule has 0 amide bonds. The van der Waals surface area contributed by atoms with Gasteiger partial charge in [-0.25, -0.2) is 0 Å². The van der Waals surface area contributed by atoms with Crippen LogP contribution in [0.25, 0.3) is 10.9 Å². The van der Waals surface area contributed by atoms with Gasteiger partial charge >= 0.3 is 0 Å². The fourth-order valence-corrected chi connectivity index (χ4v) is 4.58. The second kappa shape index (κ2) is 5.18. The van der Waals surface area contributed by atoms with Gasteiger partial charge in [-0.2, -0.15) is 0 Å². The second-order valence-electron chi connectivity index (χ2n) is 7.47. The predicted molar refractivity (Wildman–Crippen MR) is 97.4 cm³/mol. The first-order chi connectivity index (χ1) is 11.7. The molecule has 5 rings (SSSR count). The SMILES string of the molecule is Cc1ccc(C2Cc3cccc4c5c(n(c34)C2)CCN(C)C5)cn1. The predicted octanol–water partition coefficient (Wildman–Crippen LogP) is 3.67. The molecule has 0 saturated carbocycles. The number of aryl methyl sites for hydroxylation is 1. The van der Waals surface area contributed by atoms with E-state index in [-0.39, 0.29) is 0 Å². The van der Waals surface area contributed by atoms with E-state index in [0.717, 1.165) is 31.7 Å². The van der Waals surface area contributed by atoms with Crippen LogP contribution in [0.1, 0.15) is 34.0 Å². The molecule has 3 nitrogen and oxygen atoms in total. The van der Waals surface area contributed by atoms with Crippen LogP contribution in [0.5, 0.6) is 0 Å². The van der Waals surface area contributed by atoms with Gasteiger partial charge < -0.3 is 9.47 Å². The summed E-state index contributed by atoms with van der Waals surface area (Å²) in [5.74, 6) is 0.535. The minimum absolute atomic E-state index is 0.535. The molecule has 0 N–H and O–H groups in total. The lowest BCUT2D eigenvalue weighted by molar-refractivity contribution is 0.308. The fourth-order valence-electron chi connectivity index (χ4n) is 4.58. The minimum Gasteiger partial charge on any atom is -0.343 e. The number of fused-ring (bicyclic) bond motifs is 3. The Morgan fingerprint density at radius 1 is 1.17 bits per heavy atom. The van der Waals surface area contributed by atoms with Crippen LogP contribution < -0.4 is 0 Å². The molecule has 2 aliphatic heterocycles. The average Bonchev–Trinajstić information content (AvgIpc) is 2.91. The van der Waals surface area contributed by atoms with E-state index >= 15 is 0 Å². The van der Waals surface area contributed by atoms with Gasteiger partial charge in [-0.3, -0.25) is 4.98 Å². The largest absolute Gasteiger partial charge is 0.343 e. The summed E-state index contributed by atoms with van der Waals surface area (Å²) in [4.78, 5) is 6.97. The van der Waals surface area contributed by atoms with Crippen LogP contribution in [-0.4, -0.2) is 28.0 Å². The highest BCUT2D eigenvalue weighted by Gasteiger charge is 2.29. The van der Waals surface area contributed by atoms with Crippen LogP contribution in [0.4, 0.5) is 0 Å². The minimum atomic E-state index is 0.535. The first-order valence-electron chi connectivity index (χ1n) is 8.93. The Balaban J connectivity index is 1.65. The van der Waals surface area contributed by atoms with Crippen molar-refractivity contribution < 1.29 is 0 Å². The fraction of sp³-hybridized carbons (Fsp3) is 0.381. The van der Waals surface area contributed by atoms with Crippen LogP contribution in [0.15, 0.2) is 36.5 Å². The van der Waals surface area contributed by atoms with Gasteiger partial charge in [0.15, 0.2) is 0 Å². The normalized spacial score (nSPS) is 20.3. The number of hydrogen-bond donors (Lipinski definition) is 0. The van der Waals surface area contributed by atoms with E-state index in [1.807, 2.05) is 0 Å². The van der Waals surface area contributed by atoms with Gasteiger partial charge in [0.1, 0.15) is 0 Å². The van der Waals surface area contributed by atoms with E-state index in [0.29, 0.717) is 5.92 Å². The van der Waals surface area contributed by atoms with Crippen molar-refractivity contribution in [1.29, 1.82) is 0 Å². The Bertz CT molecular complexity index is 920. The van der Waals surface area contributed by atoms with Gasteiger partial charge in [-0.05, 0) is 43.1 Å². The number of para-hydroxylation sites is 1. The molecule has 0 saturated heterocycles. The van der Waals surface area contributed by atoms with Crippen molar-refractivity contribution in [2.75, 3.05) is 13.6 Å². The summed E-state index contributed by atoms with van der Waals surface area (Å²) in [5, 5.41) is 1.48. The molecule has 0 radical (unpaired) electrons. The number of aromatic nitrogens is 2. The summed E-state index contributed by atoms with van der Waals surface area (Å²) in [5.41, 5.74) is 8.59. The lowest BCUT2D eigenvalue weighted by Crippen LogP contribution is -2.28. The molecule has 1 aromatic carbocycles. The van der Waals surface area contributed by atoms with Gasteiger partial charge in [0.05, 0.1) is 5.52 Å². The first kappa shape index (κ1) is 14.2. The van der Waals surface area contributed by atoms with Crippen LogP contribution >= 0.6 is 0 Å². The van der Waals surface area contributed by atoms with Crippen LogP contribution in [0.3, 0.4) is 0 Å². The molecule has 1 unspecified atom stereocenters. The van der Waals surface area contributed by atoms with E-state index in [1.54, 1.807) is 11.3 Å². The van der Waals surface area contributed by atoms with Gasteiger partial charge in [0.2, 0.25) is 0 Å². The molecule has 24 heavy (non-hydrogen) atoms. The smallest absolute Gasteiger partial charge is 0.0518 e. The standard InChI is InChI=1S/C21H23N3/c1-14-6-7-16(11-22-14)17-10-15-4-3-5-18-19-13-23(2)9-8-20(19)24(12-17)21(15)18/h3-7,11,17H,8-10,12-13H2,1-2H3. The number of pyridine rings is 1. The summed E-state index contributed by atoms with van der Waals surface area (Å²) in [6.45, 7) is 5.40. The molecular weight excluding hydrogens is 294 g/mol. The number of benzene rings is 1. The van der Waals surface area contributed by atoms with E-state index in [1.165, 1.54) is 28.5 Å². The second-order valence-corrected chi connectivity index (χ2v) is 7.47. The van der Waals surface area contributed by atoms with Crippen LogP contribution in [0.2, 0.25) is 0 Å². The van der Waals surface area contributed by atoms with Gasteiger partial charge in [-0.15, -0.1) is 0 Å². The van der Waals surface area contributed by atoms with Gasteiger partial charge in [0, 0.05) is 54.9 Å². The maximum absolute atomic E-state index is 4.53. The Morgan fingerprint density at radius 2 is 2.08 bits per heavy atom. The van der Waals surface area contributed by atoms with Crippen molar-refractivity contribution >= 4 is 10.9 Å². The topological polar surface area (TPSA) is 21.1 Å². The highest BCUT2D eigenvalue weighted by molar-refractivity contribution is 5.89. The van der Waals surface area contributed by atoms with Crippen molar-refractivity contribution in [2.24, 2.45) is 0 Å². The zero-order valence-corrected chi connectivity index (χ0v) is 14.4. The molecule has 0 aliphatic carbocycles. The zero-order chi connectivity index (χ0) is 16.3. The van der Waals surface area contributed by atoms with Crippen molar-refractivity contribution in [3.05, 3.63) is 64.6 Å². The molecule has 0 bridgehead atoms. The molecule has 2 aliphatic rings. The monoisotopic (exact) mass is 317 g/mol. The van der Waals surface area contributed by atoms with Crippen LogP contribution in [-0.2, 0) is 25.9 Å². The Kier molecular flexibility index (Phi) is 3.07. The molecular formula is C21H23N3. The third-order valence-electron chi connectivity index (χ3n) is 5.82. The third kappa shape index (κ3) is 2.04. The molecule has 2 aromatic heterocycles. The lowest BCUT2D eigenvalue weighted by Gasteiger charge is -2.28. The average molecular weight is 317 g/mol. The molecule has 4 heterocycles. The summed E-state index contributed by atoms with van der Waals surface area (Å²) in [6.07, 6.45) is 4.37. The van der Waals surface area contributed by atoms with Crippen molar-refractivity contribution in [2.45, 2.75) is 38.8 Å². The summed E-state index contributed by atoms with van der Waals surface area (Å²) in [7, 11) is 2.23. The van der Waals surface area contributed by atoms with Gasteiger partial charge in [0.25, 0.3) is 0 Å². The molecule has 0 fully saturated rings. The Morgan fingerprint density at radius 3 is 2.92 bits per heavy atom. The quantitative estimate of drug-likeness (QED) is 0.683. The highest BCUT2D eigenvalue weighted by atomic mass is 15.1. The number of likely N-dealkylation sites (N-methyl/N-ethyl adjacent to an activating group) is 1.